The molecule has 0 radical (unpaired) electrons. The number of hydrogen-bond acceptors (Lipinski definition) is 6. The predicted molar refractivity (Wildman–Crippen MR) is 127 cm³/mol. The van der Waals surface area contributed by atoms with Gasteiger partial charge in [0.05, 0.1) is 11.5 Å². The Hall–Kier alpha value is -2.75. The van der Waals surface area contributed by atoms with Crippen molar-refractivity contribution in [2.24, 2.45) is 0 Å². The van der Waals surface area contributed by atoms with Crippen LogP contribution in [0.2, 0.25) is 5.02 Å². The number of halogens is 1. The number of amides is 1. The van der Waals surface area contributed by atoms with Gasteiger partial charge in [0.25, 0.3) is 5.91 Å². The van der Waals surface area contributed by atoms with E-state index in [1.165, 1.54) is 0 Å². The van der Waals surface area contributed by atoms with Crippen LogP contribution >= 0.6 is 11.6 Å². The van der Waals surface area contributed by atoms with Crippen molar-refractivity contribution in [1.29, 1.82) is 0 Å². The molecule has 2 aliphatic rings. The highest BCUT2D eigenvalue weighted by molar-refractivity contribution is 7.91. The SMILES string of the molecule is O=C(Nc1ccc(-c2n[nH]c(C3CC3)n2)cc1)c1cc(Cl)cc(CN2CCS(=O)(=O)CC2)c1. The Balaban J connectivity index is 1.24. The number of carbonyl (C=O) groups excluding carboxylic acids is 1. The van der Waals surface area contributed by atoms with Gasteiger partial charge in [0.15, 0.2) is 15.7 Å². The number of carbonyl (C=O) groups is 1. The van der Waals surface area contributed by atoms with Gasteiger partial charge in [-0.3, -0.25) is 14.8 Å². The number of rotatable bonds is 6. The van der Waals surface area contributed by atoms with Crippen molar-refractivity contribution in [3.8, 4) is 11.4 Å². The predicted octanol–water partition coefficient (Wildman–Crippen LogP) is 3.49. The first-order valence-corrected chi connectivity index (χ1v) is 13.1. The topological polar surface area (TPSA) is 108 Å². The van der Waals surface area contributed by atoms with E-state index in [-0.39, 0.29) is 17.4 Å². The molecule has 1 aliphatic carbocycles. The number of nitrogens with zero attached hydrogens (tertiary/aromatic N) is 3. The summed E-state index contributed by atoms with van der Waals surface area (Å²) in [6, 6.07) is 12.6. The molecule has 8 nitrogen and oxygen atoms in total. The van der Waals surface area contributed by atoms with Crippen molar-refractivity contribution in [2.75, 3.05) is 29.9 Å². The molecule has 5 rings (SSSR count). The Labute approximate surface area is 197 Å². The van der Waals surface area contributed by atoms with Crippen LogP contribution in [-0.4, -0.2) is 59.0 Å². The van der Waals surface area contributed by atoms with Gasteiger partial charge in [-0.15, -0.1) is 0 Å². The van der Waals surface area contributed by atoms with Gasteiger partial charge in [-0.25, -0.2) is 13.4 Å². The molecule has 172 valence electrons. The summed E-state index contributed by atoms with van der Waals surface area (Å²) in [6.07, 6.45) is 2.31. The fourth-order valence-electron chi connectivity index (χ4n) is 3.89. The number of H-pyrrole nitrogens is 1. The van der Waals surface area contributed by atoms with Crippen molar-refractivity contribution < 1.29 is 13.2 Å². The number of anilines is 1. The number of hydrogen-bond donors (Lipinski definition) is 2. The molecule has 1 amide bonds. The van der Waals surface area contributed by atoms with Gasteiger partial charge < -0.3 is 5.32 Å². The van der Waals surface area contributed by atoms with Crippen LogP contribution in [0.15, 0.2) is 42.5 Å². The van der Waals surface area contributed by atoms with Crippen molar-refractivity contribution in [3.05, 3.63) is 64.4 Å². The van der Waals surface area contributed by atoms with Gasteiger partial charge in [-0.05, 0) is 60.9 Å². The van der Waals surface area contributed by atoms with Gasteiger partial charge in [-0.1, -0.05) is 11.6 Å². The lowest BCUT2D eigenvalue weighted by Gasteiger charge is -2.26. The second-order valence-electron chi connectivity index (χ2n) is 8.63. The van der Waals surface area contributed by atoms with E-state index >= 15 is 0 Å². The molecule has 2 aromatic carbocycles. The molecule has 2 N–H and O–H groups in total. The van der Waals surface area contributed by atoms with Crippen molar-refractivity contribution >= 4 is 33.0 Å². The molecule has 2 heterocycles. The lowest BCUT2D eigenvalue weighted by Crippen LogP contribution is -2.39. The van der Waals surface area contributed by atoms with Gasteiger partial charge in [-0.2, -0.15) is 5.10 Å². The molecule has 10 heteroatoms. The molecule has 0 bridgehead atoms. The van der Waals surface area contributed by atoms with E-state index in [4.69, 9.17) is 11.6 Å². The lowest BCUT2D eigenvalue weighted by molar-refractivity contribution is 0.102. The fraction of sp³-hybridized carbons (Fsp3) is 0.348. The van der Waals surface area contributed by atoms with E-state index in [1.54, 1.807) is 12.1 Å². The van der Waals surface area contributed by atoms with Crippen LogP contribution in [0.4, 0.5) is 5.69 Å². The third-order valence-electron chi connectivity index (χ3n) is 5.93. The molecule has 2 fully saturated rings. The van der Waals surface area contributed by atoms with Crippen molar-refractivity contribution in [3.63, 3.8) is 0 Å². The number of nitrogens with one attached hydrogen (secondary N) is 2. The molecule has 33 heavy (non-hydrogen) atoms. The third-order valence-corrected chi connectivity index (χ3v) is 7.76. The third kappa shape index (κ3) is 5.43. The molecule has 1 aromatic heterocycles. The summed E-state index contributed by atoms with van der Waals surface area (Å²) in [4.78, 5) is 19.5. The Bertz CT molecular complexity index is 1270. The Kier molecular flexibility index (Phi) is 5.94. The van der Waals surface area contributed by atoms with Gasteiger partial charge in [0.2, 0.25) is 0 Å². The summed E-state index contributed by atoms with van der Waals surface area (Å²) in [6.45, 7) is 1.51. The van der Waals surface area contributed by atoms with E-state index < -0.39 is 9.84 Å². The minimum absolute atomic E-state index is 0.159. The van der Waals surface area contributed by atoms with Crippen molar-refractivity contribution in [2.45, 2.75) is 25.3 Å². The van der Waals surface area contributed by atoms with Gasteiger partial charge >= 0.3 is 0 Å². The molecule has 3 aromatic rings. The zero-order valence-corrected chi connectivity index (χ0v) is 19.5. The molecular formula is C23H24ClN5O3S. The maximum Gasteiger partial charge on any atom is 0.255 e. The smallest absolute Gasteiger partial charge is 0.255 e. The summed E-state index contributed by atoms with van der Waals surface area (Å²) < 4.78 is 23.3. The number of benzene rings is 2. The average molecular weight is 486 g/mol. The monoisotopic (exact) mass is 485 g/mol. The van der Waals surface area contributed by atoms with Gasteiger partial charge in [0, 0.05) is 47.4 Å². The fourth-order valence-corrected chi connectivity index (χ4v) is 5.42. The molecule has 1 saturated carbocycles. The first kappa shape index (κ1) is 22.1. The second kappa shape index (κ2) is 8.89. The average Bonchev–Trinajstić information content (AvgIpc) is 3.52. The minimum Gasteiger partial charge on any atom is -0.322 e. The summed E-state index contributed by atoms with van der Waals surface area (Å²) in [5.41, 5.74) is 2.86. The largest absolute Gasteiger partial charge is 0.322 e. The first-order chi connectivity index (χ1) is 15.8. The van der Waals surface area contributed by atoms with Crippen LogP contribution < -0.4 is 5.32 Å². The standard InChI is InChI=1S/C23H24ClN5O3S/c24-19-12-15(14-29-7-9-33(31,32)10-8-29)11-18(13-19)23(30)25-20-5-3-17(4-6-20)22-26-21(27-28-22)16-1-2-16/h3-6,11-13,16H,1-2,7-10,14H2,(H,25,30)(H,26,27,28). The van der Waals surface area contributed by atoms with Crippen LogP contribution in [0, 0.1) is 0 Å². The maximum absolute atomic E-state index is 12.8. The highest BCUT2D eigenvalue weighted by atomic mass is 35.5. The summed E-state index contributed by atoms with van der Waals surface area (Å²) in [5, 5.41) is 10.7. The highest BCUT2D eigenvalue weighted by Gasteiger charge is 2.27. The Morgan fingerprint density at radius 2 is 1.85 bits per heavy atom. The minimum atomic E-state index is -2.93. The molecule has 0 spiro atoms. The highest BCUT2D eigenvalue weighted by Crippen LogP contribution is 2.38. The zero-order chi connectivity index (χ0) is 23.0. The maximum atomic E-state index is 12.8. The Morgan fingerprint density at radius 3 is 2.55 bits per heavy atom. The molecule has 0 atom stereocenters. The Morgan fingerprint density at radius 1 is 1.12 bits per heavy atom. The first-order valence-electron chi connectivity index (χ1n) is 10.9. The zero-order valence-electron chi connectivity index (χ0n) is 17.9. The van der Waals surface area contributed by atoms with Crippen LogP contribution in [0.1, 0.15) is 40.5 Å². The van der Waals surface area contributed by atoms with E-state index in [0.29, 0.717) is 47.7 Å². The normalized spacial score (nSPS) is 18.2. The molecule has 1 aliphatic heterocycles. The van der Waals surface area contributed by atoms with Crippen LogP contribution in [-0.2, 0) is 16.4 Å². The summed E-state index contributed by atoms with van der Waals surface area (Å²) in [7, 11) is -2.93. The number of aromatic amines is 1. The van der Waals surface area contributed by atoms with Crippen LogP contribution in [0.5, 0.6) is 0 Å². The van der Waals surface area contributed by atoms with Crippen LogP contribution in [0.3, 0.4) is 0 Å². The van der Waals surface area contributed by atoms with E-state index in [1.807, 2.05) is 30.3 Å². The summed E-state index contributed by atoms with van der Waals surface area (Å²) >= 11 is 6.27. The number of sulfone groups is 1. The molecular weight excluding hydrogens is 462 g/mol. The summed E-state index contributed by atoms with van der Waals surface area (Å²) in [5.74, 6) is 2.15. The number of aromatic nitrogens is 3. The second-order valence-corrected chi connectivity index (χ2v) is 11.4. The van der Waals surface area contributed by atoms with Gasteiger partial charge in [0.1, 0.15) is 5.82 Å². The quantitative estimate of drug-likeness (QED) is 0.553. The van der Waals surface area contributed by atoms with E-state index in [9.17, 15) is 13.2 Å². The molecule has 0 unspecified atom stereocenters. The van der Waals surface area contributed by atoms with E-state index in [2.05, 4.69) is 25.4 Å². The van der Waals surface area contributed by atoms with Crippen molar-refractivity contribution in [1.82, 2.24) is 20.1 Å². The molecule has 1 saturated heterocycles. The van der Waals surface area contributed by atoms with Crippen LogP contribution in [0.25, 0.3) is 11.4 Å². The van der Waals surface area contributed by atoms with E-state index in [0.717, 1.165) is 29.8 Å². The lowest BCUT2D eigenvalue weighted by atomic mass is 10.1.